The van der Waals surface area contributed by atoms with E-state index in [1.807, 2.05) is 17.0 Å². The molecule has 6 heteroatoms. The number of benzene rings is 1. The van der Waals surface area contributed by atoms with E-state index in [4.69, 9.17) is 4.42 Å². The SMILES string of the molecule is CCc1ccc(C2CNCCN2C(=O)c2cnc(-c3ccco3)s2)cc1. The zero-order chi connectivity index (χ0) is 17.9. The Balaban J connectivity index is 1.58. The lowest BCUT2D eigenvalue weighted by molar-refractivity contribution is 0.0639. The Morgan fingerprint density at radius 3 is 2.92 bits per heavy atom. The largest absolute Gasteiger partial charge is 0.462 e. The topological polar surface area (TPSA) is 58.4 Å². The van der Waals surface area contributed by atoms with Gasteiger partial charge in [0, 0.05) is 19.6 Å². The number of hydrogen-bond donors (Lipinski definition) is 1. The summed E-state index contributed by atoms with van der Waals surface area (Å²) in [5.74, 6) is 0.729. The molecule has 1 fully saturated rings. The zero-order valence-electron chi connectivity index (χ0n) is 14.6. The van der Waals surface area contributed by atoms with Gasteiger partial charge in [-0.15, -0.1) is 11.3 Å². The van der Waals surface area contributed by atoms with Crippen LogP contribution in [0.25, 0.3) is 10.8 Å². The third-order valence-corrected chi connectivity index (χ3v) is 5.73. The summed E-state index contributed by atoms with van der Waals surface area (Å²) in [6.45, 7) is 4.40. The quantitative estimate of drug-likeness (QED) is 0.763. The third-order valence-electron chi connectivity index (χ3n) is 4.73. The number of nitrogens with one attached hydrogen (secondary N) is 1. The van der Waals surface area contributed by atoms with Gasteiger partial charge >= 0.3 is 0 Å². The number of amides is 1. The van der Waals surface area contributed by atoms with Crippen LogP contribution >= 0.6 is 11.3 Å². The molecule has 1 unspecified atom stereocenters. The highest BCUT2D eigenvalue weighted by Gasteiger charge is 2.29. The average molecular weight is 367 g/mol. The van der Waals surface area contributed by atoms with Gasteiger partial charge in [0.1, 0.15) is 4.88 Å². The van der Waals surface area contributed by atoms with Gasteiger partial charge in [-0.1, -0.05) is 31.2 Å². The number of rotatable bonds is 4. The van der Waals surface area contributed by atoms with E-state index in [0.29, 0.717) is 17.2 Å². The van der Waals surface area contributed by atoms with Gasteiger partial charge in [-0.05, 0) is 29.7 Å². The lowest BCUT2D eigenvalue weighted by Crippen LogP contribution is -2.48. The minimum Gasteiger partial charge on any atom is -0.462 e. The van der Waals surface area contributed by atoms with Crippen molar-refractivity contribution in [1.82, 2.24) is 15.2 Å². The van der Waals surface area contributed by atoms with Crippen LogP contribution in [0.4, 0.5) is 0 Å². The average Bonchev–Trinajstić information content (AvgIpc) is 3.39. The summed E-state index contributed by atoms with van der Waals surface area (Å²) in [6, 6.07) is 12.3. The van der Waals surface area contributed by atoms with Crippen molar-refractivity contribution in [2.75, 3.05) is 19.6 Å². The fourth-order valence-electron chi connectivity index (χ4n) is 3.25. The summed E-state index contributed by atoms with van der Waals surface area (Å²) >= 11 is 1.38. The van der Waals surface area contributed by atoms with Gasteiger partial charge in [0.25, 0.3) is 5.91 Å². The van der Waals surface area contributed by atoms with Crippen LogP contribution in [-0.2, 0) is 6.42 Å². The minimum absolute atomic E-state index is 0.0337. The Morgan fingerprint density at radius 1 is 1.35 bits per heavy atom. The standard InChI is InChI=1S/C20H21N3O2S/c1-2-14-5-7-15(8-6-14)16-12-21-9-10-23(16)20(24)18-13-22-19(26-18)17-4-3-11-25-17/h3-8,11,13,16,21H,2,9-10,12H2,1H3. The van der Waals surface area contributed by atoms with E-state index < -0.39 is 0 Å². The van der Waals surface area contributed by atoms with Crippen LogP contribution in [0, 0.1) is 0 Å². The first kappa shape index (κ1) is 17.0. The van der Waals surface area contributed by atoms with Gasteiger partial charge in [-0.2, -0.15) is 0 Å². The van der Waals surface area contributed by atoms with Crippen LogP contribution in [0.15, 0.2) is 53.3 Å². The summed E-state index contributed by atoms with van der Waals surface area (Å²) in [7, 11) is 0. The maximum Gasteiger partial charge on any atom is 0.266 e. The van der Waals surface area contributed by atoms with Crippen LogP contribution in [0.2, 0.25) is 0 Å². The molecule has 0 bridgehead atoms. The van der Waals surface area contributed by atoms with Crippen LogP contribution in [0.3, 0.4) is 0 Å². The molecule has 1 aliphatic rings. The van der Waals surface area contributed by atoms with E-state index in [1.165, 1.54) is 22.5 Å². The number of nitrogens with zero attached hydrogens (tertiary/aromatic N) is 2. The second-order valence-electron chi connectivity index (χ2n) is 6.32. The molecule has 4 rings (SSSR count). The molecule has 3 aromatic rings. The Hall–Kier alpha value is -2.44. The van der Waals surface area contributed by atoms with Crippen molar-refractivity contribution >= 4 is 17.2 Å². The van der Waals surface area contributed by atoms with Gasteiger partial charge < -0.3 is 14.6 Å². The molecule has 1 amide bonds. The van der Waals surface area contributed by atoms with Crippen molar-refractivity contribution in [2.45, 2.75) is 19.4 Å². The number of piperazine rings is 1. The summed E-state index contributed by atoms with van der Waals surface area (Å²) in [5.41, 5.74) is 2.47. The lowest BCUT2D eigenvalue weighted by atomic mass is 10.0. The molecule has 1 aliphatic heterocycles. The molecule has 0 spiro atoms. The first-order valence-corrected chi connectivity index (χ1v) is 9.68. The van der Waals surface area contributed by atoms with Gasteiger partial charge in [-0.3, -0.25) is 4.79 Å². The summed E-state index contributed by atoms with van der Waals surface area (Å²) in [4.78, 5) is 20.1. The number of hydrogen-bond acceptors (Lipinski definition) is 5. The first-order valence-electron chi connectivity index (χ1n) is 8.86. The van der Waals surface area contributed by atoms with Crippen molar-refractivity contribution in [1.29, 1.82) is 0 Å². The number of thiazole rings is 1. The lowest BCUT2D eigenvalue weighted by Gasteiger charge is -2.36. The number of carbonyl (C=O) groups excluding carboxylic acids is 1. The predicted octanol–water partition coefficient (Wildman–Crippen LogP) is 3.75. The smallest absolute Gasteiger partial charge is 0.266 e. The van der Waals surface area contributed by atoms with Gasteiger partial charge in [-0.25, -0.2) is 4.98 Å². The molecule has 134 valence electrons. The van der Waals surface area contributed by atoms with Crippen LogP contribution < -0.4 is 5.32 Å². The molecule has 2 aromatic heterocycles. The van der Waals surface area contributed by atoms with E-state index >= 15 is 0 Å². The molecular weight excluding hydrogens is 346 g/mol. The number of furan rings is 1. The zero-order valence-corrected chi connectivity index (χ0v) is 15.5. The molecule has 0 aliphatic carbocycles. The monoisotopic (exact) mass is 367 g/mol. The molecule has 3 heterocycles. The molecule has 1 atom stereocenters. The summed E-state index contributed by atoms with van der Waals surface area (Å²) < 4.78 is 5.38. The highest BCUT2D eigenvalue weighted by Crippen LogP contribution is 2.29. The van der Waals surface area contributed by atoms with Crippen LogP contribution in [-0.4, -0.2) is 35.4 Å². The van der Waals surface area contributed by atoms with Gasteiger partial charge in [0.05, 0.1) is 18.5 Å². The molecular formula is C20H21N3O2S. The van der Waals surface area contributed by atoms with E-state index in [1.54, 1.807) is 12.5 Å². The molecule has 26 heavy (non-hydrogen) atoms. The molecule has 1 saturated heterocycles. The van der Waals surface area contributed by atoms with Crippen molar-refractivity contribution < 1.29 is 9.21 Å². The van der Waals surface area contributed by atoms with Gasteiger partial charge in [0.2, 0.25) is 0 Å². The van der Waals surface area contributed by atoms with Crippen molar-refractivity contribution in [3.63, 3.8) is 0 Å². The van der Waals surface area contributed by atoms with Crippen molar-refractivity contribution in [3.8, 4) is 10.8 Å². The molecule has 5 nitrogen and oxygen atoms in total. The van der Waals surface area contributed by atoms with E-state index in [2.05, 4.69) is 41.5 Å². The second-order valence-corrected chi connectivity index (χ2v) is 7.35. The third kappa shape index (κ3) is 3.30. The molecule has 1 N–H and O–H groups in total. The number of aryl methyl sites for hydroxylation is 1. The predicted molar refractivity (Wildman–Crippen MR) is 102 cm³/mol. The number of carbonyl (C=O) groups is 1. The fraction of sp³-hybridized carbons (Fsp3) is 0.300. The number of aromatic nitrogens is 1. The maximum absolute atomic E-state index is 13.1. The minimum atomic E-state index is 0.0337. The van der Waals surface area contributed by atoms with Crippen molar-refractivity contribution in [3.05, 3.63) is 64.9 Å². The molecule has 0 radical (unpaired) electrons. The van der Waals surface area contributed by atoms with Gasteiger partial charge in [0.15, 0.2) is 10.8 Å². The highest BCUT2D eigenvalue weighted by molar-refractivity contribution is 7.16. The first-order chi connectivity index (χ1) is 12.8. The molecule has 1 aromatic carbocycles. The fourth-order valence-corrected chi connectivity index (χ4v) is 4.09. The van der Waals surface area contributed by atoms with Crippen molar-refractivity contribution in [2.24, 2.45) is 0 Å². The maximum atomic E-state index is 13.1. The summed E-state index contributed by atoms with van der Waals surface area (Å²) in [6.07, 6.45) is 4.29. The Bertz CT molecular complexity index is 871. The van der Waals surface area contributed by atoms with Crippen LogP contribution in [0.5, 0.6) is 0 Å². The Labute approximate surface area is 156 Å². The normalized spacial score (nSPS) is 17.4. The van der Waals surface area contributed by atoms with Crippen LogP contribution in [0.1, 0.15) is 33.8 Å². The van der Waals surface area contributed by atoms with E-state index in [9.17, 15) is 4.79 Å². The second kappa shape index (κ2) is 7.43. The highest BCUT2D eigenvalue weighted by atomic mass is 32.1. The van der Waals surface area contributed by atoms with E-state index in [0.717, 1.165) is 24.5 Å². The summed E-state index contributed by atoms with van der Waals surface area (Å²) in [5, 5.41) is 4.14. The molecule has 0 saturated carbocycles. The van der Waals surface area contributed by atoms with E-state index in [-0.39, 0.29) is 11.9 Å². The Morgan fingerprint density at radius 2 is 2.19 bits per heavy atom. The Kier molecular flexibility index (Phi) is 4.86.